The Morgan fingerprint density at radius 2 is 2.17 bits per heavy atom. The van der Waals surface area contributed by atoms with E-state index in [0.717, 1.165) is 12.8 Å². The van der Waals surface area contributed by atoms with Crippen LogP contribution < -0.4 is 10.1 Å². The Labute approximate surface area is 133 Å². The van der Waals surface area contributed by atoms with Gasteiger partial charge >= 0.3 is 0 Å². The van der Waals surface area contributed by atoms with Gasteiger partial charge in [-0.25, -0.2) is 0 Å². The van der Waals surface area contributed by atoms with Crippen molar-refractivity contribution in [3.8, 4) is 11.5 Å². The maximum absolute atomic E-state index is 12.3. The van der Waals surface area contributed by atoms with E-state index in [9.17, 15) is 9.90 Å². The Bertz CT molecular complexity index is 692. The lowest BCUT2D eigenvalue weighted by Gasteiger charge is -2.23. The number of phenolic OH excluding ortho intramolecular Hbond substituents is 1. The Morgan fingerprint density at radius 3 is 2.87 bits per heavy atom. The molecule has 7 nitrogen and oxygen atoms in total. The summed E-state index contributed by atoms with van der Waals surface area (Å²) in [7, 11) is 1.77. The molecule has 0 atom stereocenters. The molecule has 0 saturated carbocycles. The van der Waals surface area contributed by atoms with Crippen LogP contribution in [0.2, 0.25) is 0 Å². The summed E-state index contributed by atoms with van der Waals surface area (Å²) in [6.45, 7) is 1.33. The summed E-state index contributed by atoms with van der Waals surface area (Å²) < 4.78 is 12.7. The standard InChI is InChI=1S/C16H19N3O4/c1-19-5-2-15(18-19)17-16(21)11-8-12(20)10-14(9-11)23-13-3-6-22-7-4-13/h2,5,8-10,13,20H,3-4,6-7H2,1H3,(H,17,18,21). The van der Waals surface area contributed by atoms with E-state index in [1.54, 1.807) is 30.1 Å². The molecule has 2 aromatic rings. The first-order valence-corrected chi connectivity index (χ1v) is 7.49. The average molecular weight is 317 g/mol. The van der Waals surface area contributed by atoms with Gasteiger partial charge in [-0.05, 0) is 12.1 Å². The van der Waals surface area contributed by atoms with Crippen LogP contribution in [0.25, 0.3) is 0 Å². The smallest absolute Gasteiger partial charge is 0.257 e. The first kappa shape index (κ1) is 15.4. The highest BCUT2D eigenvalue weighted by atomic mass is 16.5. The van der Waals surface area contributed by atoms with Crippen molar-refractivity contribution in [1.82, 2.24) is 9.78 Å². The number of benzene rings is 1. The van der Waals surface area contributed by atoms with Crippen molar-refractivity contribution >= 4 is 11.7 Å². The number of amides is 1. The second-order valence-corrected chi connectivity index (χ2v) is 5.47. The molecule has 1 aliphatic rings. The van der Waals surface area contributed by atoms with Crippen LogP contribution in [-0.4, -0.2) is 40.1 Å². The fourth-order valence-electron chi connectivity index (χ4n) is 2.44. The van der Waals surface area contributed by atoms with Crippen LogP contribution in [0.1, 0.15) is 23.2 Å². The molecule has 23 heavy (non-hydrogen) atoms. The zero-order valence-electron chi connectivity index (χ0n) is 12.9. The molecule has 2 heterocycles. The number of aromatic hydroxyl groups is 1. The molecule has 2 N–H and O–H groups in total. The molecule has 1 aliphatic heterocycles. The molecular weight excluding hydrogens is 298 g/mol. The normalized spacial score (nSPS) is 15.3. The third kappa shape index (κ3) is 4.01. The molecule has 0 radical (unpaired) electrons. The number of anilines is 1. The van der Waals surface area contributed by atoms with Crippen molar-refractivity contribution in [2.75, 3.05) is 18.5 Å². The largest absolute Gasteiger partial charge is 0.508 e. The Balaban J connectivity index is 1.72. The summed E-state index contributed by atoms with van der Waals surface area (Å²) in [5.41, 5.74) is 0.317. The second kappa shape index (κ2) is 6.70. The Morgan fingerprint density at radius 1 is 1.39 bits per heavy atom. The minimum atomic E-state index is -0.351. The van der Waals surface area contributed by atoms with Crippen molar-refractivity contribution in [2.45, 2.75) is 18.9 Å². The lowest BCUT2D eigenvalue weighted by molar-refractivity contribution is 0.0254. The van der Waals surface area contributed by atoms with E-state index in [1.165, 1.54) is 12.1 Å². The lowest BCUT2D eigenvalue weighted by Crippen LogP contribution is -2.26. The molecule has 1 aromatic heterocycles. The molecule has 1 amide bonds. The van der Waals surface area contributed by atoms with Gasteiger partial charge in [-0.2, -0.15) is 5.10 Å². The first-order chi connectivity index (χ1) is 11.1. The van der Waals surface area contributed by atoms with Gasteiger partial charge in [-0.1, -0.05) is 0 Å². The molecule has 1 fully saturated rings. The highest BCUT2D eigenvalue weighted by Gasteiger charge is 2.17. The molecule has 0 bridgehead atoms. The lowest BCUT2D eigenvalue weighted by atomic mass is 10.1. The van der Waals surface area contributed by atoms with E-state index in [2.05, 4.69) is 10.4 Å². The van der Waals surface area contributed by atoms with E-state index in [-0.39, 0.29) is 17.8 Å². The van der Waals surface area contributed by atoms with Crippen molar-refractivity contribution in [3.05, 3.63) is 36.0 Å². The third-order valence-corrected chi connectivity index (χ3v) is 3.58. The van der Waals surface area contributed by atoms with Gasteiger partial charge < -0.3 is 19.9 Å². The predicted octanol–water partition coefficient (Wildman–Crippen LogP) is 1.94. The highest BCUT2D eigenvalue weighted by Crippen LogP contribution is 2.25. The summed E-state index contributed by atoms with van der Waals surface area (Å²) in [6.07, 6.45) is 3.37. The number of nitrogens with one attached hydrogen (secondary N) is 1. The van der Waals surface area contributed by atoms with Gasteiger partial charge in [0, 0.05) is 43.8 Å². The molecule has 0 unspecified atom stereocenters. The summed E-state index contributed by atoms with van der Waals surface area (Å²) >= 11 is 0. The summed E-state index contributed by atoms with van der Waals surface area (Å²) in [4.78, 5) is 12.3. The molecule has 122 valence electrons. The van der Waals surface area contributed by atoms with Crippen LogP contribution in [0.4, 0.5) is 5.82 Å². The average Bonchev–Trinajstić information content (AvgIpc) is 2.93. The van der Waals surface area contributed by atoms with Gasteiger partial charge in [-0.15, -0.1) is 0 Å². The van der Waals surface area contributed by atoms with Gasteiger partial charge in [-0.3, -0.25) is 9.48 Å². The minimum absolute atomic E-state index is 0.0132. The molecule has 1 saturated heterocycles. The zero-order valence-corrected chi connectivity index (χ0v) is 12.9. The van der Waals surface area contributed by atoms with Gasteiger partial charge in [0.2, 0.25) is 0 Å². The molecule has 1 aromatic carbocycles. The van der Waals surface area contributed by atoms with Crippen LogP contribution in [0.15, 0.2) is 30.5 Å². The number of aryl methyl sites for hydroxylation is 1. The SMILES string of the molecule is Cn1ccc(NC(=O)c2cc(O)cc(OC3CCOCC3)c2)n1. The molecule has 3 rings (SSSR count). The van der Waals surface area contributed by atoms with Crippen LogP contribution >= 0.6 is 0 Å². The van der Waals surface area contributed by atoms with Crippen LogP contribution in [0.5, 0.6) is 11.5 Å². The first-order valence-electron chi connectivity index (χ1n) is 7.49. The van der Waals surface area contributed by atoms with Crippen molar-refractivity contribution in [3.63, 3.8) is 0 Å². The molecular formula is C16H19N3O4. The Hall–Kier alpha value is -2.54. The third-order valence-electron chi connectivity index (χ3n) is 3.58. The van der Waals surface area contributed by atoms with Crippen LogP contribution in [-0.2, 0) is 11.8 Å². The molecule has 0 spiro atoms. The van der Waals surface area contributed by atoms with E-state index in [0.29, 0.717) is 30.3 Å². The summed E-state index contributed by atoms with van der Waals surface area (Å²) in [5.74, 6) is 0.563. The highest BCUT2D eigenvalue weighted by molar-refractivity contribution is 6.04. The maximum Gasteiger partial charge on any atom is 0.257 e. The van der Waals surface area contributed by atoms with Gasteiger partial charge in [0.05, 0.1) is 13.2 Å². The predicted molar refractivity (Wildman–Crippen MR) is 83.7 cm³/mol. The van der Waals surface area contributed by atoms with E-state index in [4.69, 9.17) is 9.47 Å². The molecule has 0 aliphatic carbocycles. The Kier molecular flexibility index (Phi) is 4.47. The zero-order chi connectivity index (χ0) is 16.2. The number of carbonyl (C=O) groups is 1. The fraction of sp³-hybridized carbons (Fsp3) is 0.375. The number of hydrogen-bond donors (Lipinski definition) is 2. The van der Waals surface area contributed by atoms with E-state index < -0.39 is 0 Å². The number of aromatic nitrogens is 2. The number of hydrogen-bond acceptors (Lipinski definition) is 5. The van der Waals surface area contributed by atoms with Crippen molar-refractivity contribution < 1.29 is 19.4 Å². The minimum Gasteiger partial charge on any atom is -0.508 e. The number of nitrogens with zero attached hydrogens (tertiary/aromatic N) is 2. The number of ether oxygens (including phenoxy) is 2. The maximum atomic E-state index is 12.3. The number of rotatable bonds is 4. The van der Waals surface area contributed by atoms with Gasteiger partial charge in [0.15, 0.2) is 5.82 Å². The fourth-order valence-corrected chi connectivity index (χ4v) is 2.44. The van der Waals surface area contributed by atoms with Gasteiger partial charge in [0.1, 0.15) is 17.6 Å². The second-order valence-electron chi connectivity index (χ2n) is 5.47. The van der Waals surface area contributed by atoms with E-state index in [1.807, 2.05) is 0 Å². The quantitative estimate of drug-likeness (QED) is 0.900. The van der Waals surface area contributed by atoms with Crippen molar-refractivity contribution in [2.24, 2.45) is 7.05 Å². The topological polar surface area (TPSA) is 85.6 Å². The number of carbonyl (C=O) groups excluding carboxylic acids is 1. The van der Waals surface area contributed by atoms with Gasteiger partial charge in [0.25, 0.3) is 5.91 Å². The van der Waals surface area contributed by atoms with Crippen LogP contribution in [0, 0.1) is 0 Å². The monoisotopic (exact) mass is 317 g/mol. The van der Waals surface area contributed by atoms with Crippen LogP contribution in [0.3, 0.4) is 0 Å². The van der Waals surface area contributed by atoms with E-state index >= 15 is 0 Å². The molecule has 7 heteroatoms. The summed E-state index contributed by atoms with van der Waals surface area (Å²) in [5, 5.41) is 16.6. The van der Waals surface area contributed by atoms with Crippen molar-refractivity contribution in [1.29, 1.82) is 0 Å². The number of phenols is 1. The summed E-state index contributed by atoms with van der Waals surface area (Å²) in [6, 6.07) is 6.22.